The number of hydrogen-bond donors (Lipinski definition) is 1. The number of likely N-dealkylation sites (tertiary alicyclic amines) is 1. The number of carbonyl (C=O) groups is 3. The van der Waals surface area contributed by atoms with Gasteiger partial charge in [-0.25, -0.2) is 9.78 Å². The Hall–Kier alpha value is -2.74. The molecule has 1 atom stereocenters. The lowest BCUT2D eigenvalue weighted by molar-refractivity contribution is -0.134. The average Bonchev–Trinajstić information content (AvgIpc) is 3.32. The predicted octanol–water partition coefficient (Wildman–Crippen LogP) is 3.56. The van der Waals surface area contributed by atoms with Crippen molar-refractivity contribution in [2.24, 2.45) is 5.92 Å². The summed E-state index contributed by atoms with van der Waals surface area (Å²) < 4.78 is 0. The van der Waals surface area contributed by atoms with Gasteiger partial charge in [0.1, 0.15) is 5.54 Å². The highest BCUT2D eigenvalue weighted by atomic mass is 32.1. The van der Waals surface area contributed by atoms with E-state index in [4.69, 9.17) is 0 Å². The molecule has 32 heavy (non-hydrogen) atoms. The fraction of sp³-hybridized carbons (Fsp3) is 0.500. The number of nitrogens with one attached hydrogen (secondary N) is 1. The zero-order valence-electron chi connectivity index (χ0n) is 18.9. The summed E-state index contributed by atoms with van der Waals surface area (Å²) >= 11 is 1.55. The average molecular weight is 455 g/mol. The number of piperidine rings is 1. The number of aromatic nitrogens is 1. The fourth-order valence-electron chi connectivity index (χ4n) is 4.99. The van der Waals surface area contributed by atoms with E-state index in [2.05, 4.69) is 10.3 Å². The van der Waals surface area contributed by atoms with Crippen LogP contribution in [-0.2, 0) is 11.2 Å². The Kier molecular flexibility index (Phi) is 6.33. The van der Waals surface area contributed by atoms with E-state index in [1.807, 2.05) is 49.9 Å². The minimum absolute atomic E-state index is 0.0139. The van der Waals surface area contributed by atoms with Gasteiger partial charge in [0.25, 0.3) is 11.8 Å². The van der Waals surface area contributed by atoms with Crippen LogP contribution in [0.4, 0.5) is 4.79 Å². The number of imide groups is 1. The predicted molar refractivity (Wildman–Crippen MR) is 124 cm³/mol. The van der Waals surface area contributed by atoms with Crippen molar-refractivity contribution in [2.75, 3.05) is 19.6 Å². The third-order valence-electron chi connectivity index (χ3n) is 7.02. The van der Waals surface area contributed by atoms with Crippen molar-refractivity contribution in [1.29, 1.82) is 0 Å². The van der Waals surface area contributed by atoms with E-state index in [1.54, 1.807) is 16.8 Å². The Labute approximate surface area is 192 Å². The van der Waals surface area contributed by atoms with Gasteiger partial charge in [0, 0.05) is 36.5 Å². The molecule has 1 unspecified atom stereocenters. The molecule has 2 saturated heterocycles. The first-order valence-electron chi connectivity index (χ1n) is 11.3. The Bertz CT molecular complexity index is 1030. The molecule has 0 bridgehead atoms. The van der Waals surface area contributed by atoms with Crippen LogP contribution in [0.1, 0.15) is 52.7 Å². The topological polar surface area (TPSA) is 82.6 Å². The molecule has 2 aliphatic heterocycles. The summed E-state index contributed by atoms with van der Waals surface area (Å²) in [4.78, 5) is 47.8. The molecule has 2 aromatic rings. The number of carbonyl (C=O) groups excluding carboxylic acids is 3. The highest BCUT2D eigenvalue weighted by Crippen LogP contribution is 2.36. The van der Waals surface area contributed by atoms with Gasteiger partial charge in [-0.2, -0.15) is 0 Å². The van der Waals surface area contributed by atoms with E-state index in [9.17, 15) is 14.4 Å². The van der Waals surface area contributed by atoms with Gasteiger partial charge in [0.15, 0.2) is 0 Å². The van der Waals surface area contributed by atoms with Gasteiger partial charge in [-0.15, -0.1) is 11.3 Å². The summed E-state index contributed by atoms with van der Waals surface area (Å²) in [7, 11) is 0. The van der Waals surface area contributed by atoms with Crippen molar-refractivity contribution in [1.82, 2.24) is 20.1 Å². The van der Waals surface area contributed by atoms with Gasteiger partial charge in [-0.1, -0.05) is 25.1 Å². The van der Waals surface area contributed by atoms with Gasteiger partial charge < -0.3 is 10.2 Å². The standard InChI is InChI=1S/C24H30N4O3S/c1-4-24(22(30)28(23(31)26-24)14-11-20-17(3)25-15-32-20)18-9-12-27(13-10-18)21(29)19-8-6-5-7-16(19)2/h5-8,15,18H,4,9-14H2,1-3H3,(H,26,31). The Morgan fingerprint density at radius 1 is 1.22 bits per heavy atom. The van der Waals surface area contributed by atoms with Crippen LogP contribution in [0, 0.1) is 19.8 Å². The lowest BCUT2D eigenvalue weighted by atomic mass is 9.75. The van der Waals surface area contributed by atoms with Gasteiger partial charge >= 0.3 is 6.03 Å². The van der Waals surface area contributed by atoms with E-state index >= 15 is 0 Å². The fourth-order valence-corrected chi connectivity index (χ4v) is 5.76. The molecular weight excluding hydrogens is 424 g/mol. The van der Waals surface area contributed by atoms with Crippen LogP contribution in [0.5, 0.6) is 0 Å². The quantitative estimate of drug-likeness (QED) is 0.677. The molecule has 0 spiro atoms. The summed E-state index contributed by atoms with van der Waals surface area (Å²) in [5.41, 5.74) is 3.56. The number of thiazole rings is 1. The lowest BCUT2D eigenvalue weighted by Gasteiger charge is -2.40. The van der Waals surface area contributed by atoms with Crippen molar-refractivity contribution in [3.63, 3.8) is 0 Å². The van der Waals surface area contributed by atoms with Crippen LogP contribution in [-0.4, -0.2) is 57.8 Å². The van der Waals surface area contributed by atoms with Crippen LogP contribution >= 0.6 is 11.3 Å². The summed E-state index contributed by atoms with van der Waals surface area (Å²) in [5.74, 6) is -0.0775. The van der Waals surface area contributed by atoms with Crippen molar-refractivity contribution >= 4 is 29.2 Å². The van der Waals surface area contributed by atoms with Gasteiger partial charge in [-0.05, 0) is 50.7 Å². The van der Waals surface area contributed by atoms with Crippen molar-refractivity contribution in [3.05, 3.63) is 51.5 Å². The normalized spacial score (nSPS) is 21.8. The molecule has 2 aliphatic rings. The molecule has 0 saturated carbocycles. The Morgan fingerprint density at radius 3 is 2.56 bits per heavy atom. The molecule has 1 aromatic carbocycles. The molecule has 0 radical (unpaired) electrons. The summed E-state index contributed by atoms with van der Waals surface area (Å²) in [6.07, 6.45) is 2.56. The number of nitrogens with zero attached hydrogens (tertiary/aromatic N) is 3. The molecule has 0 aliphatic carbocycles. The van der Waals surface area contributed by atoms with Crippen LogP contribution in [0.25, 0.3) is 0 Å². The highest BCUT2D eigenvalue weighted by molar-refractivity contribution is 7.09. The number of urea groups is 1. The van der Waals surface area contributed by atoms with E-state index in [0.29, 0.717) is 45.3 Å². The second kappa shape index (κ2) is 9.02. The molecule has 4 rings (SSSR count). The maximum Gasteiger partial charge on any atom is 0.325 e. The van der Waals surface area contributed by atoms with Crippen LogP contribution in [0.15, 0.2) is 29.8 Å². The van der Waals surface area contributed by atoms with Crippen LogP contribution in [0.2, 0.25) is 0 Å². The number of aryl methyl sites for hydroxylation is 2. The first-order chi connectivity index (χ1) is 15.4. The van der Waals surface area contributed by atoms with Gasteiger partial charge in [0.2, 0.25) is 0 Å². The molecule has 1 aromatic heterocycles. The monoisotopic (exact) mass is 454 g/mol. The van der Waals surface area contributed by atoms with E-state index in [1.165, 1.54) is 4.90 Å². The molecule has 1 N–H and O–H groups in total. The Balaban J connectivity index is 1.43. The number of hydrogen-bond acceptors (Lipinski definition) is 5. The van der Waals surface area contributed by atoms with Gasteiger partial charge in [-0.3, -0.25) is 14.5 Å². The Morgan fingerprint density at radius 2 is 1.94 bits per heavy atom. The maximum absolute atomic E-state index is 13.4. The second-order valence-electron chi connectivity index (χ2n) is 8.70. The van der Waals surface area contributed by atoms with Gasteiger partial charge in [0.05, 0.1) is 11.2 Å². The molecule has 8 heteroatoms. The highest BCUT2D eigenvalue weighted by Gasteiger charge is 2.54. The number of benzene rings is 1. The molecule has 170 valence electrons. The van der Waals surface area contributed by atoms with E-state index < -0.39 is 5.54 Å². The minimum atomic E-state index is -0.877. The molecule has 3 heterocycles. The third-order valence-corrected chi connectivity index (χ3v) is 8.02. The molecular formula is C24H30N4O3S. The summed E-state index contributed by atoms with van der Waals surface area (Å²) in [6.45, 7) is 7.38. The molecule has 4 amide bonds. The first kappa shape index (κ1) is 22.5. The maximum atomic E-state index is 13.4. The van der Waals surface area contributed by atoms with Crippen molar-refractivity contribution in [3.8, 4) is 0 Å². The minimum Gasteiger partial charge on any atom is -0.339 e. The van der Waals surface area contributed by atoms with Crippen molar-refractivity contribution in [2.45, 2.75) is 52.0 Å². The molecule has 7 nitrogen and oxygen atoms in total. The largest absolute Gasteiger partial charge is 0.339 e. The van der Waals surface area contributed by atoms with E-state index in [-0.39, 0.29) is 23.8 Å². The van der Waals surface area contributed by atoms with Crippen molar-refractivity contribution < 1.29 is 14.4 Å². The zero-order valence-corrected chi connectivity index (χ0v) is 19.7. The second-order valence-corrected chi connectivity index (χ2v) is 9.64. The SMILES string of the molecule is CCC1(C2CCN(C(=O)c3ccccc3C)CC2)NC(=O)N(CCc2scnc2C)C1=O. The smallest absolute Gasteiger partial charge is 0.325 e. The molecule has 2 fully saturated rings. The number of rotatable bonds is 6. The van der Waals surface area contributed by atoms with E-state index in [0.717, 1.165) is 21.7 Å². The first-order valence-corrected chi connectivity index (χ1v) is 12.1. The third kappa shape index (κ3) is 3.92. The summed E-state index contributed by atoms with van der Waals surface area (Å²) in [5, 5.41) is 3.04. The lowest BCUT2D eigenvalue weighted by Crippen LogP contribution is -2.56. The number of amides is 4. The van der Waals surface area contributed by atoms with Crippen LogP contribution in [0.3, 0.4) is 0 Å². The van der Waals surface area contributed by atoms with Crippen LogP contribution < -0.4 is 5.32 Å². The zero-order chi connectivity index (χ0) is 22.9. The summed E-state index contributed by atoms with van der Waals surface area (Å²) in [6, 6.07) is 7.31.